The number of nitrogens with one attached hydrogen (secondary N) is 1. The Morgan fingerprint density at radius 3 is 2.55 bits per heavy atom. The summed E-state index contributed by atoms with van der Waals surface area (Å²) < 4.78 is 1.79. The Bertz CT molecular complexity index is 754. The highest BCUT2D eigenvalue weighted by Gasteiger charge is 1.99. The summed E-state index contributed by atoms with van der Waals surface area (Å²) in [6.45, 7) is 1.40. The normalized spacial score (nSPS) is 10.1. The number of nitrogens with zero attached hydrogens (tertiary/aromatic N) is 5. The molecule has 0 saturated heterocycles. The van der Waals surface area contributed by atoms with E-state index in [2.05, 4.69) is 50.7 Å². The topological polar surface area (TPSA) is 79.4 Å². The van der Waals surface area contributed by atoms with Crippen molar-refractivity contribution in [2.45, 2.75) is 13.1 Å². The minimum absolute atomic E-state index is 0.558. The van der Waals surface area contributed by atoms with E-state index >= 15 is 0 Å². The lowest BCUT2D eigenvalue weighted by atomic mass is 10.1. The third-order valence-electron chi connectivity index (χ3n) is 3.20. The molecule has 0 amide bonds. The standard InChI is InChI=1S/C16H14N6/c17-7-15-5-6-16(20-9-15)19-8-13-1-3-14(4-2-13)10-22-12-18-11-21-22/h1-6,9,11-12H,8,10H2,(H,19,20). The zero-order chi connectivity index (χ0) is 15.2. The first-order chi connectivity index (χ1) is 10.8. The van der Waals surface area contributed by atoms with Gasteiger partial charge in [0, 0.05) is 12.7 Å². The van der Waals surface area contributed by atoms with Crippen LogP contribution in [0.4, 0.5) is 5.82 Å². The van der Waals surface area contributed by atoms with E-state index in [9.17, 15) is 0 Å². The van der Waals surface area contributed by atoms with Crippen molar-refractivity contribution in [3.8, 4) is 6.07 Å². The zero-order valence-corrected chi connectivity index (χ0v) is 11.8. The van der Waals surface area contributed by atoms with E-state index in [0.717, 1.165) is 11.4 Å². The number of benzene rings is 1. The summed E-state index contributed by atoms with van der Waals surface area (Å²) in [5.41, 5.74) is 2.89. The molecule has 2 aromatic heterocycles. The molecule has 3 rings (SSSR count). The van der Waals surface area contributed by atoms with Crippen molar-refractivity contribution < 1.29 is 0 Å². The van der Waals surface area contributed by atoms with Gasteiger partial charge in [0.1, 0.15) is 24.5 Å². The van der Waals surface area contributed by atoms with Crippen molar-refractivity contribution in [1.29, 1.82) is 5.26 Å². The molecule has 2 heterocycles. The lowest BCUT2D eigenvalue weighted by molar-refractivity contribution is 0.684. The maximum atomic E-state index is 8.73. The molecule has 0 aliphatic heterocycles. The number of hydrogen-bond donors (Lipinski definition) is 1. The van der Waals surface area contributed by atoms with Gasteiger partial charge in [-0.2, -0.15) is 10.4 Å². The van der Waals surface area contributed by atoms with E-state index in [4.69, 9.17) is 5.26 Å². The molecule has 108 valence electrons. The molecule has 0 saturated carbocycles. The van der Waals surface area contributed by atoms with E-state index < -0.39 is 0 Å². The van der Waals surface area contributed by atoms with E-state index in [1.165, 1.54) is 11.9 Å². The van der Waals surface area contributed by atoms with Gasteiger partial charge in [-0.05, 0) is 23.3 Å². The van der Waals surface area contributed by atoms with Gasteiger partial charge in [-0.3, -0.25) is 0 Å². The van der Waals surface area contributed by atoms with Crippen LogP contribution in [0.1, 0.15) is 16.7 Å². The monoisotopic (exact) mass is 290 g/mol. The van der Waals surface area contributed by atoms with Crippen LogP contribution < -0.4 is 5.32 Å². The molecule has 1 N–H and O–H groups in total. The lowest BCUT2D eigenvalue weighted by Crippen LogP contribution is -2.03. The molecule has 0 unspecified atom stereocenters. The molecule has 1 aromatic carbocycles. The number of hydrogen-bond acceptors (Lipinski definition) is 5. The first kappa shape index (κ1) is 13.8. The number of nitriles is 1. The van der Waals surface area contributed by atoms with Gasteiger partial charge in [-0.1, -0.05) is 24.3 Å². The molecule has 0 radical (unpaired) electrons. The predicted molar refractivity (Wildman–Crippen MR) is 81.8 cm³/mol. The van der Waals surface area contributed by atoms with Crippen molar-refractivity contribution in [1.82, 2.24) is 19.7 Å². The summed E-state index contributed by atoms with van der Waals surface area (Å²) >= 11 is 0. The molecule has 6 heteroatoms. The Balaban J connectivity index is 1.57. The molecule has 6 nitrogen and oxygen atoms in total. The molecule has 3 aromatic rings. The highest BCUT2D eigenvalue weighted by molar-refractivity contribution is 5.39. The molecule has 22 heavy (non-hydrogen) atoms. The SMILES string of the molecule is N#Cc1ccc(NCc2ccc(Cn3cncn3)cc2)nc1. The molecule has 0 bridgehead atoms. The Labute approximate surface area is 128 Å². The number of anilines is 1. The second-order valence-corrected chi connectivity index (χ2v) is 4.81. The molecule has 0 aliphatic carbocycles. The molecular formula is C16H14N6. The van der Waals surface area contributed by atoms with Crippen LogP contribution in [-0.2, 0) is 13.1 Å². The predicted octanol–water partition coefficient (Wildman–Crippen LogP) is 2.21. The Kier molecular flexibility index (Phi) is 4.07. The molecule has 0 aliphatic rings. The van der Waals surface area contributed by atoms with Crippen molar-refractivity contribution >= 4 is 5.82 Å². The van der Waals surface area contributed by atoms with Crippen LogP contribution in [0, 0.1) is 11.3 Å². The van der Waals surface area contributed by atoms with Crippen LogP contribution in [0.5, 0.6) is 0 Å². The summed E-state index contributed by atoms with van der Waals surface area (Å²) in [5.74, 6) is 0.755. The van der Waals surface area contributed by atoms with E-state index in [1.54, 1.807) is 29.3 Å². The molecule has 0 atom stereocenters. The van der Waals surface area contributed by atoms with Crippen molar-refractivity contribution in [2.24, 2.45) is 0 Å². The Morgan fingerprint density at radius 2 is 1.91 bits per heavy atom. The van der Waals surface area contributed by atoms with Gasteiger partial charge in [-0.25, -0.2) is 14.6 Å². The quantitative estimate of drug-likeness (QED) is 0.779. The Hall–Kier alpha value is -3.20. The molecule has 0 spiro atoms. The summed E-state index contributed by atoms with van der Waals surface area (Å²) in [6.07, 6.45) is 4.79. The van der Waals surface area contributed by atoms with Crippen LogP contribution in [-0.4, -0.2) is 19.7 Å². The minimum Gasteiger partial charge on any atom is -0.366 e. The van der Waals surface area contributed by atoms with Gasteiger partial charge in [0.05, 0.1) is 12.1 Å². The first-order valence-electron chi connectivity index (χ1n) is 6.84. The van der Waals surface area contributed by atoms with Gasteiger partial charge >= 0.3 is 0 Å². The second kappa shape index (κ2) is 6.50. The van der Waals surface area contributed by atoms with E-state index in [1.807, 2.05) is 0 Å². The number of aromatic nitrogens is 4. The smallest absolute Gasteiger partial charge is 0.137 e. The van der Waals surface area contributed by atoms with Crippen molar-refractivity contribution in [3.05, 3.63) is 71.9 Å². The average Bonchev–Trinajstić information content (AvgIpc) is 3.08. The fraction of sp³-hybridized carbons (Fsp3) is 0.125. The average molecular weight is 290 g/mol. The largest absolute Gasteiger partial charge is 0.366 e. The van der Waals surface area contributed by atoms with Crippen molar-refractivity contribution in [2.75, 3.05) is 5.32 Å². The molecule has 0 fully saturated rings. The highest BCUT2D eigenvalue weighted by Crippen LogP contribution is 2.09. The van der Waals surface area contributed by atoms with E-state index in [-0.39, 0.29) is 0 Å². The fourth-order valence-corrected chi connectivity index (χ4v) is 2.02. The minimum atomic E-state index is 0.558. The summed E-state index contributed by atoms with van der Waals surface area (Å²) in [7, 11) is 0. The van der Waals surface area contributed by atoms with Crippen LogP contribution in [0.25, 0.3) is 0 Å². The van der Waals surface area contributed by atoms with Gasteiger partial charge in [0.2, 0.25) is 0 Å². The third-order valence-corrected chi connectivity index (χ3v) is 3.20. The first-order valence-corrected chi connectivity index (χ1v) is 6.84. The van der Waals surface area contributed by atoms with Gasteiger partial charge < -0.3 is 5.32 Å². The van der Waals surface area contributed by atoms with E-state index in [0.29, 0.717) is 18.7 Å². The maximum absolute atomic E-state index is 8.73. The van der Waals surface area contributed by atoms with Crippen LogP contribution in [0.3, 0.4) is 0 Å². The third kappa shape index (κ3) is 3.46. The van der Waals surface area contributed by atoms with Crippen LogP contribution >= 0.6 is 0 Å². The van der Waals surface area contributed by atoms with Crippen molar-refractivity contribution in [3.63, 3.8) is 0 Å². The Morgan fingerprint density at radius 1 is 1.09 bits per heavy atom. The summed E-state index contributed by atoms with van der Waals surface area (Å²) in [4.78, 5) is 8.11. The number of pyridine rings is 1. The van der Waals surface area contributed by atoms with Crippen LogP contribution in [0.2, 0.25) is 0 Å². The summed E-state index contributed by atoms with van der Waals surface area (Å²) in [6, 6.07) is 13.9. The maximum Gasteiger partial charge on any atom is 0.137 e. The van der Waals surface area contributed by atoms with Gasteiger partial charge in [0.25, 0.3) is 0 Å². The van der Waals surface area contributed by atoms with Crippen LogP contribution in [0.15, 0.2) is 55.2 Å². The number of rotatable bonds is 5. The highest BCUT2D eigenvalue weighted by atomic mass is 15.3. The fourth-order valence-electron chi connectivity index (χ4n) is 2.02. The second-order valence-electron chi connectivity index (χ2n) is 4.81. The zero-order valence-electron chi connectivity index (χ0n) is 11.8. The summed E-state index contributed by atoms with van der Waals surface area (Å²) in [5, 5.41) is 16.0. The lowest BCUT2D eigenvalue weighted by Gasteiger charge is -2.07. The van der Waals surface area contributed by atoms with Gasteiger partial charge in [0.15, 0.2) is 0 Å². The van der Waals surface area contributed by atoms with Gasteiger partial charge in [-0.15, -0.1) is 0 Å². The molecular weight excluding hydrogens is 276 g/mol.